The molecule has 2 aromatic carbocycles. The molecule has 0 aliphatic rings. The molecular weight excluding hydrogens is 404 g/mol. The number of nitrogens with zero attached hydrogens (tertiary/aromatic N) is 2. The Balaban J connectivity index is 1.37. The Morgan fingerprint density at radius 3 is 2.37 bits per heavy atom. The summed E-state index contributed by atoms with van der Waals surface area (Å²) >= 11 is 0. The number of aromatic nitrogens is 2. The number of para-hydroxylation sites is 1. The van der Waals surface area contributed by atoms with Gasteiger partial charge in [-0.05, 0) is 42.5 Å². The number of carbonyl (C=O) groups is 1. The Kier molecular flexibility index (Phi) is 5.49. The fourth-order valence-electron chi connectivity index (χ4n) is 2.84. The summed E-state index contributed by atoms with van der Waals surface area (Å²) in [6.07, 6.45) is 1.78. The third kappa shape index (κ3) is 4.49. The van der Waals surface area contributed by atoms with Gasteiger partial charge in [0.1, 0.15) is 23.8 Å². The topological polar surface area (TPSA) is 91.4 Å². The quantitative estimate of drug-likeness (QED) is 0.421. The fourth-order valence-corrected chi connectivity index (χ4v) is 4.11. The Morgan fingerprint density at radius 1 is 0.933 bits per heavy atom. The van der Waals surface area contributed by atoms with Crippen molar-refractivity contribution in [2.75, 3.05) is 0 Å². The van der Waals surface area contributed by atoms with Crippen molar-refractivity contribution in [3.8, 4) is 5.69 Å². The smallest absolute Gasteiger partial charge is 0.374 e. The number of hydrogen-bond acceptors (Lipinski definition) is 6. The minimum atomic E-state index is -3.56. The molecule has 0 saturated heterocycles. The van der Waals surface area contributed by atoms with E-state index in [0.29, 0.717) is 5.69 Å². The maximum atomic E-state index is 12.4. The maximum absolute atomic E-state index is 12.4. The van der Waals surface area contributed by atoms with Gasteiger partial charge >= 0.3 is 5.97 Å². The lowest BCUT2D eigenvalue weighted by molar-refractivity contribution is 0.0429. The zero-order chi connectivity index (χ0) is 21.0. The number of rotatable bonds is 7. The summed E-state index contributed by atoms with van der Waals surface area (Å²) in [5.74, 6) is -0.922. The van der Waals surface area contributed by atoms with Gasteiger partial charge in [-0.3, -0.25) is 0 Å². The second-order valence-electron chi connectivity index (χ2n) is 6.50. The molecule has 0 N–H and O–H groups in total. The van der Waals surface area contributed by atoms with Crippen LogP contribution in [0.5, 0.6) is 0 Å². The van der Waals surface area contributed by atoms with Gasteiger partial charge in [-0.25, -0.2) is 17.9 Å². The third-order valence-corrected chi connectivity index (χ3v) is 5.97. The van der Waals surface area contributed by atoms with Gasteiger partial charge in [0.15, 0.2) is 9.84 Å². The monoisotopic (exact) mass is 422 g/mol. The molecule has 0 aliphatic heterocycles. The van der Waals surface area contributed by atoms with E-state index < -0.39 is 15.8 Å². The minimum Gasteiger partial charge on any atom is -0.453 e. The van der Waals surface area contributed by atoms with E-state index in [1.54, 1.807) is 35.1 Å². The number of hydrogen-bond donors (Lipinski definition) is 0. The van der Waals surface area contributed by atoms with Gasteiger partial charge in [-0.1, -0.05) is 36.4 Å². The van der Waals surface area contributed by atoms with Crippen LogP contribution in [0.1, 0.15) is 22.0 Å². The summed E-state index contributed by atoms with van der Waals surface area (Å²) in [4.78, 5) is 12.4. The normalized spacial score (nSPS) is 11.3. The summed E-state index contributed by atoms with van der Waals surface area (Å²) in [5.41, 5.74) is 1.47. The highest BCUT2D eigenvalue weighted by Crippen LogP contribution is 2.19. The first-order valence-electron chi connectivity index (χ1n) is 9.15. The minimum absolute atomic E-state index is 0.0307. The Hall–Kier alpha value is -3.65. The standard InChI is InChI=1S/C22H18N2O5S/c25-22(28-15-17-13-14-24(23-17)18-7-3-1-4-8-18)21-12-11-19(29-21)16-30(26,27)20-9-5-2-6-10-20/h1-14H,15-16H2. The second-order valence-corrected chi connectivity index (χ2v) is 8.49. The van der Waals surface area contributed by atoms with Crippen molar-refractivity contribution in [1.82, 2.24) is 9.78 Å². The molecule has 0 bridgehead atoms. The van der Waals surface area contributed by atoms with E-state index in [0.717, 1.165) is 5.69 Å². The van der Waals surface area contributed by atoms with Crippen LogP contribution in [0, 0.1) is 0 Å². The van der Waals surface area contributed by atoms with Crippen LogP contribution in [0.15, 0.2) is 94.4 Å². The predicted molar refractivity (Wildman–Crippen MR) is 109 cm³/mol. The van der Waals surface area contributed by atoms with Gasteiger partial charge in [0.2, 0.25) is 5.76 Å². The molecule has 7 nitrogen and oxygen atoms in total. The molecule has 0 atom stereocenters. The van der Waals surface area contributed by atoms with E-state index in [1.165, 1.54) is 24.3 Å². The highest BCUT2D eigenvalue weighted by molar-refractivity contribution is 7.90. The number of benzene rings is 2. The van der Waals surface area contributed by atoms with Gasteiger partial charge in [0, 0.05) is 6.20 Å². The number of ether oxygens (including phenoxy) is 1. The number of carbonyl (C=O) groups excluding carboxylic acids is 1. The largest absolute Gasteiger partial charge is 0.453 e. The lowest BCUT2D eigenvalue weighted by atomic mass is 10.3. The number of esters is 1. The van der Waals surface area contributed by atoms with Crippen LogP contribution < -0.4 is 0 Å². The summed E-state index contributed by atoms with van der Waals surface area (Å²) in [6.45, 7) is -0.0307. The highest BCUT2D eigenvalue weighted by Gasteiger charge is 2.20. The lowest BCUT2D eigenvalue weighted by Gasteiger charge is -2.03. The van der Waals surface area contributed by atoms with E-state index >= 15 is 0 Å². The summed E-state index contributed by atoms with van der Waals surface area (Å²) in [5, 5.41) is 4.36. The SMILES string of the molecule is O=C(OCc1ccn(-c2ccccc2)n1)c1ccc(CS(=O)(=O)c2ccccc2)o1. The molecule has 0 unspecified atom stereocenters. The van der Waals surface area contributed by atoms with Crippen molar-refractivity contribution in [2.45, 2.75) is 17.3 Å². The van der Waals surface area contributed by atoms with Crippen LogP contribution in [0.4, 0.5) is 0 Å². The molecule has 0 spiro atoms. The van der Waals surface area contributed by atoms with E-state index in [2.05, 4.69) is 5.10 Å². The fraction of sp³-hybridized carbons (Fsp3) is 0.0909. The van der Waals surface area contributed by atoms with E-state index in [9.17, 15) is 13.2 Å². The molecular formula is C22H18N2O5S. The van der Waals surface area contributed by atoms with Gasteiger partial charge in [-0.2, -0.15) is 5.10 Å². The van der Waals surface area contributed by atoms with Gasteiger partial charge in [-0.15, -0.1) is 0 Å². The first kappa shape index (κ1) is 19.7. The summed E-state index contributed by atoms with van der Waals surface area (Å²) in [6, 6.07) is 22.2. The van der Waals surface area contributed by atoms with Crippen LogP contribution in [-0.4, -0.2) is 24.2 Å². The van der Waals surface area contributed by atoms with E-state index in [-0.39, 0.29) is 28.8 Å². The lowest BCUT2D eigenvalue weighted by Crippen LogP contribution is -2.06. The predicted octanol–water partition coefficient (Wildman–Crippen LogP) is 3.80. The summed E-state index contributed by atoms with van der Waals surface area (Å²) in [7, 11) is -3.56. The van der Waals surface area contributed by atoms with Crippen molar-refractivity contribution >= 4 is 15.8 Å². The number of furan rings is 1. The molecule has 0 fully saturated rings. The highest BCUT2D eigenvalue weighted by atomic mass is 32.2. The molecule has 8 heteroatoms. The Bertz CT molecular complexity index is 1240. The Morgan fingerprint density at radius 2 is 1.63 bits per heavy atom. The molecule has 4 aromatic rings. The van der Waals surface area contributed by atoms with Gasteiger partial charge in [0.25, 0.3) is 0 Å². The molecule has 30 heavy (non-hydrogen) atoms. The van der Waals surface area contributed by atoms with Gasteiger partial charge in [0.05, 0.1) is 10.6 Å². The molecule has 2 heterocycles. The average molecular weight is 422 g/mol. The molecule has 0 aliphatic carbocycles. The van der Waals surface area contributed by atoms with E-state index in [1.807, 2.05) is 30.3 Å². The average Bonchev–Trinajstić information content (AvgIpc) is 3.43. The van der Waals surface area contributed by atoms with Crippen LogP contribution in [0.2, 0.25) is 0 Å². The van der Waals surface area contributed by atoms with Crippen LogP contribution in [0.25, 0.3) is 5.69 Å². The second kappa shape index (κ2) is 8.38. The molecule has 0 saturated carbocycles. The van der Waals surface area contributed by atoms with Crippen molar-refractivity contribution < 1.29 is 22.4 Å². The first-order valence-corrected chi connectivity index (χ1v) is 10.8. The molecule has 2 aromatic heterocycles. The molecule has 0 amide bonds. The maximum Gasteiger partial charge on any atom is 0.374 e. The molecule has 0 radical (unpaired) electrons. The van der Waals surface area contributed by atoms with E-state index in [4.69, 9.17) is 9.15 Å². The van der Waals surface area contributed by atoms with Crippen LogP contribution in [0.3, 0.4) is 0 Å². The zero-order valence-electron chi connectivity index (χ0n) is 15.8. The Labute approximate surface area is 173 Å². The first-order chi connectivity index (χ1) is 14.5. The third-order valence-electron chi connectivity index (χ3n) is 4.31. The number of sulfone groups is 1. The molecule has 4 rings (SSSR count). The van der Waals surface area contributed by atoms with Crippen LogP contribution >= 0.6 is 0 Å². The molecule has 152 valence electrons. The van der Waals surface area contributed by atoms with Gasteiger partial charge < -0.3 is 9.15 Å². The van der Waals surface area contributed by atoms with Crippen molar-refractivity contribution in [1.29, 1.82) is 0 Å². The van der Waals surface area contributed by atoms with Crippen LogP contribution in [-0.2, 0) is 26.9 Å². The van der Waals surface area contributed by atoms with Crippen molar-refractivity contribution in [3.05, 3.63) is 102 Å². The zero-order valence-corrected chi connectivity index (χ0v) is 16.7. The van der Waals surface area contributed by atoms with Crippen molar-refractivity contribution in [2.24, 2.45) is 0 Å². The van der Waals surface area contributed by atoms with Crippen molar-refractivity contribution in [3.63, 3.8) is 0 Å². The summed E-state index contributed by atoms with van der Waals surface area (Å²) < 4.78 is 37.2.